The predicted molar refractivity (Wildman–Crippen MR) is 117 cm³/mol. The summed E-state index contributed by atoms with van der Waals surface area (Å²) in [4.78, 5) is 13.1. The molecule has 0 bridgehead atoms. The van der Waals surface area contributed by atoms with Crippen LogP contribution in [0.5, 0.6) is 11.5 Å². The molecule has 1 N–H and O–H groups in total. The summed E-state index contributed by atoms with van der Waals surface area (Å²) in [5.41, 5.74) is 2.25. The number of aryl methyl sites for hydroxylation is 1. The summed E-state index contributed by atoms with van der Waals surface area (Å²) >= 11 is 0. The molecule has 3 rings (SSSR count). The molecular weight excluding hydrogens is 404 g/mol. The summed E-state index contributed by atoms with van der Waals surface area (Å²) in [7, 11) is -3.67. The van der Waals surface area contributed by atoms with E-state index in [1.807, 2.05) is 38.1 Å². The molecule has 0 aliphatic carbocycles. The first-order valence-corrected chi connectivity index (χ1v) is 11.8. The molecule has 0 unspecified atom stereocenters. The van der Waals surface area contributed by atoms with Gasteiger partial charge in [-0.1, -0.05) is 25.1 Å². The van der Waals surface area contributed by atoms with E-state index >= 15 is 0 Å². The third-order valence-corrected chi connectivity index (χ3v) is 6.19. The summed E-state index contributed by atoms with van der Waals surface area (Å²) in [5, 5.41) is 2.95. The molecule has 0 spiro atoms. The van der Waals surface area contributed by atoms with Gasteiger partial charge in [-0.25, -0.2) is 8.42 Å². The molecule has 30 heavy (non-hydrogen) atoms. The Morgan fingerprint density at radius 2 is 1.83 bits per heavy atom. The Labute approximate surface area is 178 Å². The zero-order valence-electron chi connectivity index (χ0n) is 17.7. The van der Waals surface area contributed by atoms with Crippen LogP contribution in [0.25, 0.3) is 0 Å². The Kier molecular flexibility index (Phi) is 6.55. The maximum atomic E-state index is 13.1. The van der Waals surface area contributed by atoms with E-state index in [1.165, 1.54) is 4.31 Å². The van der Waals surface area contributed by atoms with Crippen LogP contribution in [-0.2, 0) is 14.8 Å². The summed E-state index contributed by atoms with van der Waals surface area (Å²) < 4.78 is 37.5. The summed E-state index contributed by atoms with van der Waals surface area (Å²) in [5.74, 6) is 0.967. The molecule has 2 aromatic rings. The molecule has 2 atom stereocenters. The van der Waals surface area contributed by atoms with E-state index in [2.05, 4.69) is 5.32 Å². The number of rotatable bonds is 7. The standard InChI is InChI=1S/C22H28N2O5S/c1-5-19(24(30(4,26)27)18-8-6-7-15(2)13-18)22(25)23-16(3)17-9-10-20-21(14-17)29-12-11-28-20/h6-10,13-14,16,19H,5,11-12H2,1-4H3,(H,23,25)/t16-,19-/m1/s1. The number of hydrogen-bond donors (Lipinski definition) is 1. The molecule has 8 heteroatoms. The monoisotopic (exact) mass is 432 g/mol. The predicted octanol–water partition coefficient (Wildman–Crippen LogP) is 3.19. The van der Waals surface area contributed by atoms with Crippen molar-refractivity contribution in [2.75, 3.05) is 23.8 Å². The fraction of sp³-hybridized carbons (Fsp3) is 0.409. The highest BCUT2D eigenvalue weighted by Gasteiger charge is 2.32. The van der Waals surface area contributed by atoms with Crippen LogP contribution in [-0.4, -0.2) is 39.8 Å². The fourth-order valence-electron chi connectivity index (χ4n) is 3.55. The molecule has 0 saturated heterocycles. The Balaban J connectivity index is 1.83. The number of sulfonamides is 1. The number of ether oxygens (including phenoxy) is 2. The highest BCUT2D eigenvalue weighted by atomic mass is 32.2. The Morgan fingerprint density at radius 3 is 2.47 bits per heavy atom. The van der Waals surface area contributed by atoms with Crippen molar-refractivity contribution >= 4 is 21.6 Å². The number of nitrogens with one attached hydrogen (secondary N) is 1. The smallest absolute Gasteiger partial charge is 0.244 e. The molecule has 1 heterocycles. The zero-order valence-corrected chi connectivity index (χ0v) is 18.5. The van der Waals surface area contributed by atoms with Crippen LogP contribution < -0.4 is 19.1 Å². The van der Waals surface area contributed by atoms with Crippen molar-refractivity contribution in [2.24, 2.45) is 0 Å². The molecule has 2 aromatic carbocycles. The number of carbonyl (C=O) groups excluding carboxylic acids is 1. The summed E-state index contributed by atoms with van der Waals surface area (Å²) in [6.07, 6.45) is 1.45. The average molecular weight is 433 g/mol. The van der Waals surface area contributed by atoms with E-state index in [1.54, 1.807) is 25.1 Å². The Morgan fingerprint density at radius 1 is 1.13 bits per heavy atom. The van der Waals surface area contributed by atoms with Gasteiger partial charge < -0.3 is 14.8 Å². The lowest BCUT2D eigenvalue weighted by Crippen LogP contribution is -2.49. The number of anilines is 1. The third-order valence-electron chi connectivity index (χ3n) is 5.01. The van der Waals surface area contributed by atoms with E-state index in [0.717, 1.165) is 17.4 Å². The number of amides is 1. The van der Waals surface area contributed by atoms with Crippen molar-refractivity contribution in [3.63, 3.8) is 0 Å². The molecule has 0 aromatic heterocycles. The summed E-state index contributed by atoms with van der Waals surface area (Å²) in [6.45, 7) is 6.53. The summed E-state index contributed by atoms with van der Waals surface area (Å²) in [6, 6.07) is 11.5. The van der Waals surface area contributed by atoms with Gasteiger partial charge in [-0.15, -0.1) is 0 Å². The zero-order chi connectivity index (χ0) is 21.9. The maximum absolute atomic E-state index is 13.1. The van der Waals surface area contributed by atoms with Crippen LogP contribution in [0, 0.1) is 6.92 Å². The molecule has 1 amide bonds. The minimum absolute atomic E-state index is 0.332. The minimum Gasteiger partial charge on any atom is -0.486 e. The number of hydrogen-bond acceptors (Lipinski definition) is 5. The molecule has 0 fully saturated rings. The maximum Gasteiger partial charge on any atom is 0.244 e. The first-order chi connectivity index (χ1) is 14.2. The largest absolute Gasteiger partial charge is 0.486 e. The number of benzene rings is 2. The van der Waals surface area contributed by atoms with Gasteiger partial charge in [0.05, 0.1) is 18.0 Å². The second-order valence-electron chi connectivity index (χ2n) is 7.46. The van der Waals surface area contributed by atoms with Crippen molar-refractivity contribution in [1.29, 1.82) is 0 Å². The van der Waals surface area contributed by atoms with Gasteiger partial charge >= 0.3 is 0 Å². The van der Waals surface area contributed by atoms with Gasteiger partial charge in [0.2, 0.25) is 15.9 Å². The van der Waals surface area contributed by atoms with E-state index in [-0.39, 0.29) is 11.9 Å². The van der Waals surface area contributed by atoms with E-state index in [9.17, 15) is 13.2 Å². The van der Waals surface area contributed by atoms with Crippen molar-refractivity contribution < 1.29 is 22.7 Å². The fourth-order valence-corrected chi connectivity index (χ4v) is 4.75. The lowest BCUT2D eigenvalue weighted by molar-refractivity contribution is -0.122. The van der Waals surface area contributed by atoms with Gasteiger partial charge in [0.25, 0.3) is 0 Å². The van der Waals surface area contributed by atoms with Gasteiger partial charge in [0, 0.05) is 0 Å². The van der Waals surface area contributed by atoms with Crippen molar-refractivity contribution in [2.45, 2.75) is 39.3 Å². The van der Waals surface area contributed by atoms with E-state index in [0.29, 0.717) is 36.8 Å². The van der Waals surface area contributed by atoms with Crippen LogP contribution in [0.2, 0.25) is 0 Å². The molecule has 7 nitrogen and oxygen atoms in total. The van der Waals surface area contributed by atoms with Crippen LogP contribution in [0.15, 0.2) is 42.5 Å². The second-order valence-corrected chi connectivity index (χ2v) is 9.31. The number of fused-ring (bicyclic) bond motifs is 1. The Bertz CT molecular complexity index is 1020. The molecule has 1 aliphatic rings. The van der Waals surface area contributed by atoms with Crippen LogP contribution in [0.1, 0.15) is 37.4 Å². The SMILES string of the molecule is CC[C@H](C(=O)N[C@H](C)c1ccc2c(c1)OCCO2)N(c1cccc(C)c1)S(C)(=O)=O. The van der Waals surface area contributed by atoms with Crippen LogP contribution in [0.4, 0.5) is 5.69 Å². The lowest BCUT2D eigenvalue weighted by Gasteiger charge is -2.31. The van der Waals surface area contributed by atoms with Crippen LogP contribution >= 0.6 is 0 Å². The van der Waals surface area contributed by atoms with Gasteiger partial charge in [0.1, 0.15) is 19.3 Å². The second kappa shape index (κ2) is 8.95. The van der Waals surface area contributed by atoms with Gasteiger partial charge in [0.15, 0.2) is 11.5 Å². The lowest BCUT2D eigenvalue weighted by atomic mass is 10.1. The first-order valence-electron chi connectivity index (χ1n) is 9.96. The van der Waals surface area contributed by atoms with Crippen molar-refractivity contribution in [3.8, 4) is 11.5 Å². The van der Waals surface area contributed by atoms with Crippen molar-refractivity contribution in [3.05, 3.63) is 53.6 Å². The topological polar surface area (TPSA) is 84.9 Å². The quantitative estimate of drug-likeness (QED) is 0.726. The number of nitrogens with zero attached hydrogens (tertiary/aromatic N) is 1. The van der Waals surface area contributed by atoms with Gasteiger partial charge in [-0.05, 0) is 55.7 Å². The molecule has 162 valence electrons. The van der Waals surface area contributed by atoms with Gasteiger partial charge in [-0.2, -0.15) is 0 Å². The van der Waals surface area contributed by atoms with Crippen molar-refractivity contribution in [1.82, 2.24) is 5.32 Å². The van der Waals surface area contributed by atoms with E-state index < -0.39 is 16.1 Å². The molecule has 0 saturated carbocycles. The van der Waals surface area contributed by atoms with Crippen LogP contribution in [0.3, 0.4) is 0 Å². The van der Waals surface area contributed by atoms with Gasteiger partial charge in [-0.3, -0.25) is 9.10 Å². The molecule has 1 aliphatic heterocycles. The first kappa shape index (κ1) is 22.0. The third kappa shape index (κ3) is 4.87. The highest BCUT2D eigenvalue weighted by molar-refractivity contribution is 7.92. The average Bonchev–Trinajstić information content (AvgIpc) is 2.70. The minimum atomic E-state index is -3.67. The Hall–Kier alpha value is -2.74. The number of carbonyl (C=O) groups is 1. The van der Waals surface area contributed by atoms with E-state index in [4.69, 9.17) is 9.47 Å². The molecular formula is C22H28N2O5S. The highest BCUT2D eigenvalue weighted by Crippen LogP contribution is 2.32. The molecule has 0 radical (unpaired) electrons. The normalized spacial score (nSPS) is 15.2.